The van der Waals surface area contributed by atoms with Gasteiger partial charge in [0.2, 0.25) is 15.9 Å². The van der Waals surface area contributed by atoms with Crippen molar-refractivity contribution in [2.45, 2.75) is 19.5 Å². The Morgan fingerprint density at radius 2 is 2.18 bits per heavy atom. The number of hydrogen-bond donors (Lipinski definition) is 1. The van der Waals surface area contributed by atoms with E-state index in [0.29, 0.717) is 18.1 Å². The molecule has 0 bridgehead atoms. The molecule has 1 N–H and O–H groups in total. The van der Waals surface area contributed by atoms with E-state index in [1.54, 1.807) is 19.2 Å². The van der Waals surface area contributed by atoms with Crippen LogP contribution in [0.2, 0.25) is 0 Å². The summed E-state index contributed by atoms with van der Waals surface area (Å²) in [6, 6.07) is 3.26. The molecule has 22 heavy (non-hydrogen) atoms. The standard InChI is InChI=1S/C14H22N2O5S/c1-11(10-20-3)15-14(17)8-7-12-5-6-13(21-12)9-16(2)22(4,18)19/h5-8,11H,9-10H2,1-4H3,(H,15,17)/b8-7+/t11-/m1/s1. The highest BCUT2D eigenvalue weighted by Gasteiger charge is 2.13. The molecule has 0 saturated carbocycles. The molecule has 0 aromatic carbocycles. The van der Waals surface area contributed by atoms with Crippen LogP contribution in [0.5, 0.6) is 0 Å². The van der Waals surface area contributed by atoms with Gasteiger partial charge in [-0.2, -0.15) is 4.31 Å². The van der Waals surface area contributed by atoms with Crippen molar-refractivity contribution in [3.05, 3.63) is 29.7 Å². The number of methoxy groups -OCH3 is 1. The normalized spacial score (nSPS) is 13.7. The Kier molecular flexibility index (Phi) is 6.79. The second kappa shape index (κ2) is 8.11. The first-order valence-corrected chi connectivity index (χ1v) is 8.54. The number of sulfonamides is 1. The van der Waals surface area contributed by atoms with Crippen molar-refractivity contribution in [3.8, 4) is 0 Å². The van der Waals surface area contributed by atoms with Gasteiger partial charge in [-0.25, -0.2) is 8.42 Å². The van der Waals surface area contributed by atoms with Crippen LogP contribution in [-0.4, -0.2) is 51.7 Å². The van der Waals surface area contributed by atoms with Crippen LogP contribution in [-0.2, 0) is 26.1 Å². The summed E-state index contributed by atoms with van der Waals surface area (Å²) in [7, 11) is -0.221. The predicted molar refractivity (Wildman–Crippen MR) is 83.5 cm³/mol. The van der Waals surface area contributed by atoms with Gasteiger partial charge in [-0.05, 0) is 25.1 Å². The van der Waals surface area contributed by atoms with Gasteiger partial charge in [-0.3, -0.25) is 4.79 Å². The number of hydrogen-bond acceptors (Lipinski definition) is 5. The third-order valence-electron chi connectivity index (χ3n) is 2.83. The van der Waals surface area contributed by atoms with Gasteiger partial charge in [-0.1, -0.05) is 0 Å². The van der Waals surface area contributed by atoms with Gasteiger partial charge in [0.25, 0.3) is 0 Å². The molecule has 1 amide bonds. The molecular weight excluding hydrogens is 308 g/mol. The van der Waals surface area contributed by atoms with Crippen LogP contribution >= 0.6 is 0 Å². The van der Waals surface area contributed by atoms with Gasteiger partial charge in [0, 0.05) is 26.3 Å². The van der Waals surface area contributed by atoms with E-state index >= 15 is 0 Å². The zero-order chi connectivity index (χ0) is 16.8. The second-order valence-corrected chi connectivity index (χ2v) is 7.11. The lowest BCUT2D eigenvalue weighted by molar-refractivity contribution is -0.117. The topological polar surface area (TPSA) is 88.9 Å². The Balaban J connectivity index is 2.58. The third-order valence-corrected chi connectivity index (χ3v) is 4.09. The highest BCUT2D eigenvalue weighted by molar-refractivity contribution is 7.88. The molecule has 1 aromatic rings. The summed E-state index contributed by atoms with van der Waals surface area (Å²) in [4.78, 5) is 11.6. The number of amides is 1. The number of ether oxygens (including phenoxy) is 1. The van der Waals surface area contributed by atoms with Crippen LogP contribution < -0.4 is 5.32 Å². The summed E-state index contributed by atoms with van der Waals surface area (Å²) in [5.74, 6) is 0.725. The number of nitrogens with zero attached hydrogens (tertiary/aromatic N) is 1. The Labute approximate surface area is 131 Å². The van der Waals surface area contributed by atoms with Gasteiger partial charge in [-0.15, -0.1) is 0 Å². The fraction of sp³-hybridized carbons (Fsp3) is 0.500. The van der Waals surface area contributed by atoms with Gasteiger partial charge < -0.3 is 14.5 Å². The summed E-state index contributed by atoms with van der Waals surface area (Å²) in [6.45, 7) is 2.41. The maximum Gasteiger partial charge on any atom is 0.244 e. The maximum absolute atomic E-state index is 11.6. The summed E-state index contributed by atoms with van der Waals surface area (Å²) >= 11 is 0. The average Bonchev–Trinajstić information content (AvgIpc) is 2.83. The van der Waals surface area contributed by atoms with Gasteiger partial charge >= 0.3 is 0 Å². The van der Waals surface area contributed by atoms with Crippen molar-refractivity contribution < 1.29 is 22.4 Å². The van der Waals surface area contributed by atoms with Gasteiger partial charge in [0.15, 0.2) is 0 Å². The Morgan fingerprint density at radius 1 is 1.50 bits per heavy atom. The molecule has 1 rings (SSSR count). The zero-order valence-electron chi connectivity index (χ0n) is 13.2. The number of carbonyl (C=O) groups is 1. The molecule has 0 radical (unpaired) electrons. The molecule has 8 heteroatoms. The molecular formula is C14H22N2O5S. The number of carbonyl (C=O) groups excluding carboxylic acids is 1. The number of furan rings is 1. The van der Waals surface area contributed by atoms with Crippen LogP contribution in [0.4, 0.5) is 0 Å². The minimum Gasteiger partial charge on any atom is -0.460 e. The van der Waals surface area contributed by atoms with E-state index in [2.05, 4.69) is 5.32 Å². The van der Waals surface area contributed by atoms with Gasteiger partial charge in [0.05, 0.1) is 19.4 Å². The maximum atomic E-state index is 11.6. The Hall–Kier alpha value is -1.64. The SMILES string of the molecule is COC[C@@H](C)NC(=O)/C=C/c1ccc(CN(C)S(C)(=O)=O)o1. The van der Waals surface area contributed by atoms with Crippen molar-refractivity contribution in [1.29, 1.82) is 0 Å². The van der Waals surface area contributed by atoms with Crippen molar-refractivity contribution in [1.82, 2.24) is 9.62 Å². The highest BCUT2D eigenvalue weighted by Crippen LogP contribution is 2.12. The average molecular weight is 330 g/mol. The lowest BCUT2D eigenvalue weighted by atomic mass is 10.3. The fourth-order valence-electron chi connectivity index (χ4n) is 1.65. The van der Waals surface area contributed by atoms with Gasteiger partial charge in [0.1, 0.15) is 11.5 Å². The Bertz CT molecular complexity index is 621. The van der Waals surface area contributed by atoms with Crippen molar-refractivity contribution in [2.75, 3.05) is 27.0 Å². The summed E-state index contributed by atoms with van der Waals surface area (Å²) in [5, 5.41) is 2.73. The van der Waals surface area contributed by atoms with E-state index in [9.17, 15) is 13.2 Å². The van der Waals surface area contributed by atoms with E-state index in [1.165, 1.54) is 23.5 Å². The number of rotatable bonds is 8. The van der Waals surface area contributed by atoms with E-state index in [4.69, 9.17) is 9.15 Å². The summed E-state index contributed by atoms with van der Waals surface area (Å²) in [5.41, 5.74) is 0. The first kappa shape index (κ1) is 18.4. The summed E-state index contributed by atoms with van der Waals surface area (Å²) < 4.78 is 34.2. The molecule has 124 valence electrons. The lowest BCUT2D eigenvalue weighted by Gasteiger charge is -2.11. The molecule has 7 nitrogen and oxygen atoms in total. The quantitative estimate of drug-likeness (QED) is 0.713. The second-order valence-electron chi connectivity index (χ2n) is 5.02. The van der Waals surface area contributed by atoms with Crippen molar-refractivity contribution >= 4 is 22.0 Å². The smallest absolute Gasteiger partial charge is 0.244 e. The minimum absolute atomic E-state index is 0.0854. The van der Waals surface area contributed by atoms with E-state index in [0.717, 1.165) is 6.26 Å². The first-order valence-electron chi connectivity index (χ1n) is 6.70. The van der Waals surface area contributed by atoms with E-state index in [1.807, 2.05) is 6.92 Å². The monoisotopic (exact) mass is 330 g/mol. The lowest BCUT2D eigenvalue weighted by Crippen LogP contribution is -2.34. The molecule has 0 fully saturated rings. The van der Waals surface area contributed by atoms with E-state index < -0.39 is 10.0 Å². The van der Waals surface area contributed by atoms with Crippen molar-refractivity contribution in [3.63, 3.8) is 0 Å². The first-order chi connectivity index (χ1) is 10.2. The third kappa shape index (κ3) is 6.42. The fourth-order valence-corrected chi connectivity index (χ4v) is 2.01. The molecule has 0 aliphatic heterocycles. The predicted octanol–water partition coefficient (Wildman–Crippen LogP) is 0.835. The number of nitrogens with one attached hydrogen (secondary N) is 1. The molecule has 0 unspecified atom stereocenters. The van der Waals surface area contributed by atoms with Crippen LogP contribution in [0.1, 0.15) is 18.4 Å². The van der Waals surface area contributed by atoms with E-state index in [-0.39, 0.29) is 18.5 Å². The van der Waals surface area contributed by atoms with Crippen LogP contribution in [0.3, 0.4) is 0 Å². The van der Waals surface area contributed by atoms with Crippen LogP contribution in [0.15, 0.2) is 22.6 Å². The molecule has 0 aliphatic rings. The highest BCUT2D eigenvalue weighted by atomic mass is 32.2. The minimum atomic E-state index is -3.26. The van der Waals surface area contributed by atoms with Crippen LogP contribution in [0.25, 0.3) is 6.08 Å². The largest absolute Gasteiger partial charge is 0.460 e. The molecule has 1 atom stereocenters. The van der Waals surface area contributed by atoms with Crippen LogP contribution in [0, 0.1) is 0 Å². The molecule has 0 spiro atoms. The Morgan fingerprint density at radius 3 is 2.77 bits per heavy atom. The summed E-state index contributed by atoms with van der Waals surface area (Å²) in [6.07, 6.45) is 4.01. The van der Waals surface area contributed by atoms with Crippen molar-refractivity contribution in [2.24, 2.45) is 0 Å². The zero-order valence-corrected chi connectivity index (χ0v) is 14.0. The molecule has 1 heterocycles. The molecule has 0 saturated heterocycles. The molecule has 0 aliphatic carbocycles. The molecule has 1 aromatic heterocycles.